The molecule has 0 unspecified atom stereocenters. The van der Waals surface area contributed by atoms with Gasteiger partial charge in [-0.15, -0.1) is 0 Å². The van der Waals surface area contributed by atoms with E-state index < -0.39 is 0 Å². The molecule has 1 saturated carbocycles. The summed E-state index contributed by atoms with van der Waals surface area (Å²) in [7, 11) is 0. The van der Waals surface area contributed by atoms with Crippen LogP contribution in [0, 0.1) is 22.7 Å². The molecule has 0 bridgehead atoms. The normalized spacial score (nSPS) is 35.3. The van der Waals surface area contributed by atoms with Crippen LogP contribution < -0.4 is 0 Å². The molecule has 1 fully saturated rings. The average Bonchev–Trinajstić information content (AvgIpc) is 2.67. The van der Waals surface area contributed by atoms with Crippen molar-refractivity contribution in [1.82, 2.24) is 0 Å². The molecule has 0 aliphatic heterocycles. The summed E-state index contributed by atoms with van der Waals surface area (Å²) in [4.78, 5) is 0. The van der Waals surface area contributed by atoms with Crippen molar-refractivity contribution in [3.05, 3.63) is 59.3 Å². The topological polar surface area (TPSA) is 0 Å². The van der Waals surface area contributed by atoms with Gasteiger partial charge in [-0.1, -0.05) is 86.9 Å². The first-order valence-corrected chi connectivity index (χ1v) is 12.3. The van der Waals surface area contributed by atoms with Crippen LogP contribution in [0.3, 0.4) is 0 Å². The summed E-state index contributed by atoms with van der Waals surface area (Å²) >= 11 is 0. The lowest BCUT2D eigenvalue weighted by Gasteiger charge is -2.53. The Morgan fingerprint density at radius 1 is 0.833 bits per heavy atom. The second-order valence-electron chi connectivity index (χ2n) is 11.6. The fourth-order valence-electron chi connectivity index (χ4n) is 5.24. The molecule has 3 aliphatic carbocycles. The maximum atomic E-state index is 4.30. The summed E-state index contributed by atoms with van der Waals surface area (Å²) in [5.41, 5.74) is 7.01. The largest absolute Gasteiger partial charge is 0.0996 e. The summed E-state index contributed by atoms with van der Waals surface area (Å²) in [6.07, 6.45) is 23.0. The van der Waals surface area contributed by atoms with Gasteiger partial charge in [0.25, 0.3) is 0 Å². The first-order valence-electron chi connectivity index (χ1n) is 12.3. The Bertz CT molecular complexity index is 704. The fourth-order valence-corrected chi connectivity index (χ4v) is 5.24. The molecule has 0 aromatic rings. The number of allylic oxidation sites excluding steroid dienone is 9. The highest BCUT2D eigenvalue weighted by atomic mass is 14.5. The minimum atomic E-state index is 0.311. The highest BCUT2D eigenvalue weighted by molar-refractivity contribution is 5.16. The Hall–Kier alpha value is -1.30. The number of fused-ring (bicyclic) bond motifs is 1. The van der Waals surface area contributed by atoms with Gasteiger partial charge < -0.3 is 0 Å². The van der Waals surface area contributed by atoms with Crippen LogP contribution in [0.4, 0.5) is 0 Å². The zero-order chi connectivity index (χ0) is 22.4. The van der Waals surface area contributed by atoms with E-state index in [0.717, 1.165) is 24.7 Å². The van der Waals surface area contributed by atoms with Gasteiger partial charge in [0.1, 0.15) is 0 Å². The van der Waals surface area contributed by atoms with Crippen molar-refractivity contribution < 1.29 is 0 Å². The Balaban J connectivity index is 0.000000214. The first kappa shape index (κ1) is 25.0. The van der Waals surface area contributed by atoms with Crippen LogP contribution in [-0.2, 0) is 0 Å². The molecule has 0 heterocycles. The summed E-state index contributed by atoms with van der Waals surface area (Å²) in [6.45, 7) is 20.5. The van der Waals surface area contributed by atoms with Crippen molar-refractivity contribution in [2.45, 2.75) is 106 Å². The molecule has 3 rings (SSSR count). The molecule has 0 heteroatoms. The lowest BCUT2D eigenvalue weighted by atomic mass is 9.52. The van der Waals surface area contributed by atoms with Crippen molar-refractivity contribution in [2.75, 3.05) is 0 Å². The second kappa shape index (κ2) is 10.8. The molecule has 2 atom stereocenters. The fraction of sp³-hybridized carbons (Fsp3) is 0.667. The van der Waals surface area contributed by atoms with Crippen molar-refractivity contribution in [3.8, 4) is 0 Å². The van der Waals surface area contributed by atoms with Gasteiger partial charge in [0.15, 0.2) is 0 Å². The molecule has 0 nitrogen and oxygen atoms in total. The van der Waals surface area contributed by atoms with Crippen LogP contribution in [0.2, 0.25) is 0 Å². The maximum absolute atomic E-state index is 4.30. The molecule has 0 radical (unpaired) electrons. The van der Waals surface area contributed by atoms with Crippen molar-refractivity contribution >= 4 is 0 Å². The third-order valence-electron chi connectivity index (χ3n) is 7.58. The van der Waals surface area contributed by atoms with E-state index in [1.165, 1.54) is 61.7 Å². The van der Waals surface area contributed by atoms with Crippen molar-refractivity contribution in [3.63, 3.8) is 0 Å². The monoisotopic (exact) mass is 408 g/mol. The van der Waals surface area contributed by atoms with E-state index in [-0.39, 0.29) is 0 Å². The number of rotatable bonds is 0. The minimum absolute atomic E-state index is 0.311. The summed E-state index contributed by atoms with van der Waals surface area (Å²) < 4.78 is 0. The first-order chi connectivity index (χ1) is 14.0. The van der Waals surface area contributed by atoms with E-state index in [2.05, 4.69) is 85.4 Å². The van der Waals surface area contributed by atoms with Crippen molar-refractivity contribution in [1.29, 1.82) is 0 Å². The van der Waals surface area contributed by atoms with Gasteiger partial charge in [-0.2, -0.15) is 0 Å². The van der Waals surface area contributed by atoms with Crippen LogP contribution in [0.15, 0.2) is 59.3 Å². The Labute approximate surface area is 188 Å². The van der Waals surface area contributed by atoms with Gasteiger partial charge >= 0.3 is 0 Å². The SMILES string of the molecule is C/C1=C\CC/C(C)=C/CC(C)(C)/C=C/C1.C=C1CC/C=C(\C)CC[C@@H]2[C@@H]1CC2(C)C. The molecular formula is C30H48. The lowest BCUT2D eigenvalue weighted by molar-refractivity contribution is 0.00384. The molecule has 0 N–H and O–H groups in total. The second-order valence-corrected chi connectivity index (χ2v) is 11.6. The van der Waals surface area contributed by atoms with Gasteiger partial charge in [-0.3, -0.25) is 0 Å². The maximum Gasteiger partial charge on any atom is -0.0140 e. The third-order valence-corrected chi connectivity index (χ3v) is 7.58. The average molecular weight is 409 g/mol. The molecule has 0 saturated heterocycles. The molecule has 0 spiro atoms. The van der Waals surface area contributed by atoms with Gasteiger partial charge in [0, 0.05) is 0 Å². The van der Waals surface area contributed by atoms with Crippen LogP contribution in [0.1, 0.15) is 106 Å². The number of hydrogen-bond acceptors (Lipinski definition) is 0. The molecule has 0 aromatic heterocycles. The highest BCUT2D eigenvalue weighted by Crippen LogP contribution is 2.56. The smallest absolute Gasteiger partial charge is 0.0140 e. The van der Waals surface area contributed by atoms with Crippen LogP contribution in [-0.4, -0.2) is 0 Å². The minimum Gasteiger partial charge on any atom is -0.0996 e. The standard InChI is InChI=1S/2C15H24/c1-11-6-5-7-12(2)13-10-15(3,4)14(13)9-8-11;1-13-7-5-8-14(2)10-12-15(3,4)11-6-9-13/h6,13-14H,2,5,7-10H2,1,3-4H3;6-7,10-11H,5,8-9,12H2,1-4H3/b11-6+;11-6+,13-7+,14-10+/t13-,14-;/m1./s1. The van der Waals surface area contributed by atoms with Crippen LogP contribution in [0.25, 0.3) is 0 Å². The van der Waals surface area contributed by atoms with E-state index in [1.807, 2.05) is 0 Å². The molecule has 3 aliphatic rings. The van der Waals surface area contributed by atoms with E-state index in [4.69, 9.17) is 0 Å². The lowest BCUT2D eigenvalue weighted by Crippen LogP contribution is -2.44. The van der Waals surface area contributed by atoms with Crippen LogP contribution >= 0.6 is 0 Å². The van der Waals surface area contributed by atoms with Gasteiger partial charge in [-0.05, 0) is 101 Å². The summed E-state index contributed by atoms with van der Waals surface area (Å²) in [5.74, 6) is 1.73. The van der Waals surface area contributed by atoms with E-state index >= 15 is 0 Å². The van der Waals surface area contributed by atoms with Gasteiger partial charge in [0.2, 0.25) is 0 Å². The third kappa shape index (κ3) is 7.75. The summed E-state index contributed by atoms with van der Waals surface area (Å²) in [5, 5.41) is 0. The summed E-state index contributed by atoms with van der Waals surface area (Å²) in [6, 6.07) is 0. The highest BCUT2D eigenvalue weighted by Gasteiger charge is 2.47. The van der Waals surface area contributed by atoms with E-state index in [1.54, 1.807) is 5.57 Å². The van der Waals surface area contributed by atoms with Crippen LogP contribution in [0.5, 0.6) is 0 Å². The van der Waals surface area contributed by atoms with E-state index in [9.17, 15) is 0 Å². The molecule has 0 aromatic carbocycles. The number of hydrogen-bond donors (Lipinski definition) is 0. The van der Waals surface area contributed by atoms with Gasteiger partial charge in [0.05, 0.1) is 0 Å². The molecule has 0 amide bonds. The predicted molar refractivity (Wildman–Crippen MR) is 136 cm³/mol. The zero-order valence-electron chi connectivity index (χ0n) is 21.1. The van der Waals surface area contributed by atoms with Crippen molar-refractivity contribution in [2.24, 2.45) is 22.7 Å². The Kier molecular flexibility index (Phi) is 9.01. The Morgan fingerprint density at radius 2 is 1.47 bits per heavy atom. The molecule has 168 valence electrons. The zero-order valence-corrected chi connectivity index (χ0v) is 21.1. The van der Waals surface area contributed by atoms with Gasteiger partial charge in [-0.25, -0.2) is 0 Å². The molecule has 30 heavy (non-hydrogen) atoms. The Morgan fingerprint density at radius 3 is 2.17 bits per heavy atom. The predicted octanol–water partition coefficient (Wildman–Crippen LogP) is 9.76. The molecular weight excluding hydrogens is 360 g/mol. The quantitative estimate of drug-likeness (QED) is 0.350. The van der Waals surface area contributed by atoms with E-state index in [0.29, 0.717) is 10.8 Å².